The lowest BCUT2D eigenvalue weighted by Gasteiger charge is -2.13. The number of methoxy groups -OCH3 is 3. The first-order valence-corrected chi connectivity index (χ1v) is 8.92. The second-order valence-electron chi connectivity index (χ2n) is 6.38. The summed E-state index contributed by atoms with van der Waals surface area (Å²) in [5.74, 6) is 2.54. The standard InChI is InChI=1S/C22H20O7/c1-24-19-9-14(10-20(25-2)21(19)26-3)6-15-11-27-22(23)16(15)7-13-4-5-17-18(8-13)29-12-28-17/h4-10H,11-12H2,1-3H3/b15-6-,16-7+. The molecule has 4 rings (SSSR count). The van der Waals surface area contributed by atoms with Gasteiger partial charge in [-0.05, 0) is 47.5 Å². The molecule has 2 aliphatic rings. The highest BCUT2D eigenvalue weighted by molar-refractivity contribution is 6.02. The Morgan fingerprint density at radius 1 is 0.828 bits per heavy atom. The number of esters is 1. The average molecular weight is 396 g/mol. The molecular formula is C22H20O7. The number of hydrogen-bond acceptors (Lipinski definition) is 7. The number of ether oxygens (including phenoxy) is 6. The monoisotopic (exact) mass is 396 g/mol. The number of benzene rings is 2. The molecule has 150 valence electrons. The van der Waals surface area contributed by atoms with Gasteiger partial charge in [-0.15, -0.1) is 0 Å². The largest absolute Gasteiger partial charge is 0.493 e. The summed E-state index contributed by atoms with van der Waals surface area (Å²) < 4.78 is 32.1. The fraction of sp³-hybridized carbons (Fsp3) is 0.227. The van der Waals surface area contributed by atoms with Gasteiger partial charge in [0.05, 0.1) is 26.9 Å². The molecule has 7 nitrogen and oxygen atoms in total. The third-order valence-corrected chi connectivity index (χ3v) is 4.66. The molecule has 2 heterocycles. The van der Waals surface area contributed by atoms with Gasteiger partial charge in [-0.3, -0.25) is 0 Å². The zero-order valence-electron chi connectivity index (χ0n) is 16.3. The second kappa shape index (κ2) is 7.79. The van der Waals surface area contributed by atoms with E-state index < -0.39 is 0 Å². The molecule has 0 atom stereocenters. The van der Waals surface area contributed by atoms with Crippen molar-refractivity contribution in [3.63, 3.8) is 0 Å². The minimum absolute atomic E-state index is 0.186. The van der Waals surface area contributed by atoms with Crippen LogP contribution in [0.25, 0.3) is 12.2 Å². The summed E-state index contributed by atoms with van der Waals surface area (Å²) in [6.07, 6.45) is 3.65. The molecule has 0 aliphatic carbocycles. The van der Waals surface area contributed by atoms with Crippen molar-refractivity contribution in [3.8, 4) is 28.7 Å². The van der Waals surface area contributed by atoms with Crippen LogP contribution in [0.2, 0.25) is 0 Å². The third-order valence-electron chi connectivity index (χ3n) is 4.66. The quantitative estimate of drug-likeness (QED) is 0.566. The van der Waals surface area contributed by atoms with Crippen LogP contribution in [0.15, 0.2) is 41.5 Å². The summed E-state index contributed by atoms with van der Waals surface area (Å²) in [6.45, 7) is 0.384. The van der Waals surface area contributed by atoms with E-state index in [2.05, 4.69) is 0 Å². The molecule has 29 heavy (non-hydrogen) atoms. The highest BCUT2D eigenvalue weighted by Crippen LogP contribution is 2.39. The fourth-order valence-corrected chi connectivity index (χ4v) is 3.26. The lowest BCUT2D eigenvalue weighted by atomic mass is 10.0. The van der Waals surface area contributed by atoms with E-state index in [1.165, 1.54) is 0 Å². The number of rotatable bonds is 5. The Hall–Kier alpha value is -3.61. The summed E-state index contributed by atoms with van der Waals surface area (Å²) >= 11 is 0. The molecule has 0 aromatic heterocycles. The van der Waals surface area contributed by atoms with E-state index in [-0.39, 0.29) is 19.4 Å². The maximum Gasteiger partial charge on any atom is 0.338 e. The predicted molar refractivity (Wildman–Crippen MR) is 106 cm³/mol. The van der Waals surface area contributed by atoms with Crippen LogP contribution in [-0.4, -0.2) is 40.7 Å². The molecular weight excluding hydrogens is 376 g/mol. The summed E-state index contributed by atoms with van der Waals surface area (Å²) in [5, 5.41) is 0. The van der Waals surface area contributed by atoms with Gasteiger partial charge in [-0.1, -0.05) is 6.07 Å². The first kappa shape index (κ1) is 18.7. The van der Waals surface area contributed by atoms with Crippen molar-refractivity contribution in [2.45, 2.75) is 0 Å². The van der Waals surface area contributed by atoms with Gasteiger partial charge >= 0.3 is 5.97 Å². The normalized spacial score (nSPS) is 17.6. The number of carbonyl (C=O) groups is 1. The van der Waals surface area contributed by atoms with Crippen molar-refractivity contribution < 1.29 is 33.2 Å². The van der Waals surface area contributed by atoms with Crippen LogP contribution in [0.3, 0.4) is 0 Å². The zero-order valence-corrected chi connectivity index (χ0v) is 16.3. The van der Waals surface area contributed by atoms with Gasteiger partial charge in [-0.2, -0.15) is 0 Å². The minimum atomic E-state index is -0.374. The summed E-state index contributed by atoms with van der Waals surface area (Å²) in [7, 11) is 4.66. The first-order valence-electron chi connectivity index (χ1n) is 8.92. The van der Waals surface area contributed by atoms with E-state index in [1.807, 2.05) is 36.4 Å². The van der Waals surface area contributed by atoms with E-state index in [0.717, 1.165) is 16.7 Å². The van der Waals surface area contributed by atoms with Gasteiger partial charge in [0.1, 0.15) is 6.61 Å². The van der Waals surface area contributed by atoms with Crippen LogP contribution < -0.4 is 23.7 Å². The van der Waals surface area contributed by atoms with Crippen molar-refractivity contribution in [1.82, 2.24) is 0 Å². The Balaban J connectivity index is 1.72. The van der Waals surface area contributed by atoms with E-state index in [4.69, 9.17) is 28.4 Å². The smallest absolute Gasteiger partial charge is 0.338 e. The van der Waals surface area contributed by atoms with Gasteiger partial charge in [0.2, 0.25) is 12.5 Å². The van der Waals surface area contributed by atoms with Crippen molar-refractivity contribution in [2.75, 3.05) is 34.7 Å². The Labute approximate surface area is 168 Å². The zero-order chi connectivity index (χ0) is 20.4. The fourth-order valence-electron chi connectivity index (χ4n) is 3.26. The molecule has 0 unspecified atom stereocenters. The maximum absolute atomic E-state index is 12.3. The molecule has 0 radical (unpaired) electrons. The van der Waals surface area contributed by atoms with Crippen LogP contribution in [0.4, 0.5) is 0 Å². The lowest BCUT2D eigenvalue weighted by molar-refractivity contribution is -0.134. The van der Waals surface area contributed by atoms with Gasteiger partial charge in [0.15, 0.2) is 23.0 Å². The molecule has 0 bridgehead atoms. The van der Waals surface area contributed by atoms with Crippen LogP contribution in [0, 0.1) is 0 Å². The van der Waals surface area contributed by atoms with Crippen LogP contribution in [0.1, 0.15) is 11.1 Å². The Morgan fingerprint density at radius 3 is 2.24 bits per heavy atom. The number of cyclic esters (lactones) is 1. The molecule has 0 spiro atoms. The van der Waals surface area contributed by atoms with Gasteiger partial charge in [-0.25, -0.2) is 4.79 Å². The maximum atomic E-state index is 12.3. The third kappa shape index (κ3) is 3.59. The van der Waals surface area contributed by atoms with E-state index in [0.29, 0.717) is 34.3 Å². The van der Waals surface area contributed by atoms with Crippen LogP contribution >= 0.6 is 0 Å². The molecule has 0 N–H and O–H groups in total. The molecule has 0 saturated carbocycles. The topological polar surface area (TPSA) is 72.5 Å². The molecule has 0 amide bonds. The SMILES string of the molecule is COc1cc(/C=C2/COC(=O)/C2=C/c2ccc3c(c2)OCO3)cc(OC)c1OC. The minimum Gasteiger partial charge on any atom is -0.493 e. The Kier molecular flexibility index (Phi) is 5.03. The number of fused-ring (bicyclic) bond motifs is 1. The van der Waals surface area contributed by atoms with Crippen molar-refractivity contribution in [1.29, 1.82) is 0 Å². The van der Waals surface area contributed by atoms with Crippen molar-refractivity contribution >= 4 is 18.1 Å². The van der Waals surface area contributed by atoms with Crippen LogP contribution in [-0.2, 0) is 9.53 Å². The van der Waals surface area contributed by atoms with E-state index >= 15 is 0 Å². The lowest BCUT2D eigenvalue weighted by Crippen LogP contribution is -1.96. The predicted octanol–water partition coefficient (Wildman–Crippen LogP) is 3.46. The highest BCUT2D eigenvalue weighted by Gasteiger charge is 2.25. The molecule has 1 saturated heterocycles. The number of carbonyl (C=O) groups excluding carboxylic acids is 1. The molecule has 1 fully saturated rings. The summed E-state index contributed by atoms with van der Waals surface area (Å²) in [5.41, 5.74) is 2.85. The van der Waals surface area contributed by atoms with Gasteiger partial charge < -0.3 is 28.4 Å². The average Bonchev–Trinajstić information content (AvgIpc) is 3.34. The summed E-state index contributed by atoms with van der Waals surface area (Å²) in [6, 6.07) is 9.14. The molecule has 2 aromatic carbocycles. The van der Waals surface area contributed by atoms with E-state index in [1.54, 1.807) is 27.4 Å². The van der Waals surface area contributed by atoms with Crippen molar-refractivity contribution in [3.05, 3.63) is 52.6 Å². The Bertz CT molecular complexity index is 995. The first-order chi connectivity index (χ1) is 14.1. The van der Waals surface area contributed by atoms with Crippen molar-refractivity contribution in [2.24, 2.45) is 0 Å². The summed E-state index contributed by atoms with van der Waals surface area (Å²) in [4.78, 5) is 12.3. The second-order valence-corrected chi connectivity index (χ2v) is 6.38. The van der Waals surface area contributed by atoms with Crippen LogP contribution in [0.5, 0.6) is 28.7 Å². The molecule has 7 heteroatoms. The highest BCUT2D eigenvalue weighted by atomic mass is 16.7. The molecule has 2 aromatic rings. The number of hydrogen-bond donors (Lipinski definition) is 0. The molecule has 2 aliphatic heterocycles. The van der Waals surface area contributed by atoms with Gasteiger partial charge in [0.25, 0.3) is 0 Å². The Morgan fingerprint density at radius 2 is 1.55 bits per heavy atom. The van der Waals surface area contributed by atoms with Gasteiger partial charge in [0, 0.05) is 5.57 Å². The van der Waals surface area contributed by atoms with E-state index in [9.17, 15) is 4.79 Å².